The molecule has 1 fully saturated rings. The first-order valence-electron chi connectivity index (χ1n) is 4.49. The van der Waals surface area contributed by atoms with E-state index in [0.717, 1.165) is 6.42 Å². The molecule has 0 aromatic heterocycles. The topological polar surface area (TPSA) is 55.1 Å². The van der Waals surface area contributed by atoms with Crippen LogP contribution in [0.1, 0.15) is 6.42 Å². The van der Waals surface area contributed by atoms with Crippen LogP contribution in [-0.2, 0) is 4.79 Å². The van der Waals surface area contributed by atoms with E-state index in [4.69, 9.17) is 5.73 Å². The molecule has 4 heteroatoms. The van der Waals surface area contributed by atoms with Crippen molar-refractivity contribution in [3.05, 3.63) is 30.1 Å². The summed E-state index contributed by atoms with van der Waals surface area (Å²) in [5, 5.41) is 2.62. The van der Waals surface area contributed by atoms with E-state index in [1.54, 1.807) is 12.1 Å². The molecule has 1 aromatic rings. The molecule has 1 aromatic carbocycles. The van der Waals surface area contributed by atoms with Gasteiger partial charge in [0.05, 0.1) is 5.92 Å². The number of benzene rings is 1. The first-order valence-corrected chi connectivity index (χ1v) is 4.49. The molecule has 74 valence electrons. The Kier molecular flexibility index (Phi) is 2.21. The number of nitrogens with one attached hydrogen (secondary N) is 1. The zero-order valence-electron chi connectivity index (χ0n) is 7.53. The Morgan fingerprint density at radius 2 is 2.29 bits per heavy atom. The van der Waals surface area contributed by atoms with Gasteiger partial charge < -0.3 is 11.1 Å². The molecule has 3 N–H and O–H groups in total. The van der Waals surface area contributed by atoms with Crippen molar-refractivity contribution < 1.29 is 9.18 Å². The zero-order valence-corrected chi connectivity index (χ0v) is 7.53. The molecule has 1 aliphatic rings. The Hall–Kier alpha value is -1.42. The molecule has 0 saturated heterocycles. The summed E-state index contributed by atoms with van der Waals surface area (Å²) in [5.41, 5.74) is 6.00. The van der Waals surface area contributed by atoms with Crippen molar-refractivity contribution >= 4 is 11.6 Å². The number of hydrogen-bond acceptors (Lipinski definition) is 2. The van der Waals surface area contributed by atoms with E-state index in [1.807, 2.05) is 0 Å². The molecular weight excluding hydrogens is 183 g/mol. The lowest BCUT2D eigenvalue weighted by atomic mass is 10.3. The highest BCUT2D eigenvalue weighted by Crippen LogP contribution is 2.29. The van der Waals surface area contributed by atoms with E-state index < -0.39 is 0 Å². The van der Waals surface area contributed by atoms with Crippen molar-refractivity contribution in [2.24, 2.45) is 11.7 Å². The van der Waals surface area contributed by atoms with Gasteiger partial charge in [0.1, 0.15) is 5.82 Å². The monoisotopic (exact) mass is 194 g/mol. The Balaban J connectivity index is 2.00. The van der Waals surface area contributed by atoms with Crippen molar-refractivity contribution in [2.45, 2.75) is 12.5 Å². The third-order valence-electron chi connectivity index (χ3n) is 2.27. The Bertz CT molecular complexity index is 367. The number of rotatable bonds is 2. The van der Waals surface area contributed by atoms with Gasteiger partial charge in [-0.1, -0.05) is 6.07 Å². The van der Waals surface area contributed by atoms with Gasteiger partial charge in [0.15, 0.2) is 0 Å². The van der Waals surface area contributed by atoms with Crippen LogP contribution in [0.4, 0.5) is 10.1 Å². The predicted octanol–water partition coefficient (Wildman–Crippen LogP) is 1.11. The maximum absolute atomic E-state index is 12.7. The molecule has 3 nitrogen and oxygen atoms in total. The van der Waals surface area contributed by atoms with Crippen LogP contribution in [0, 0.1) is 11.7 Å². The summed E-state index contributed by atoms with van der Waals surface area (Å²) in [4.78, 5) is 11.4. The smallest absolute Gasteiger partial charge is 0.229 e. The van der Waals surface area contributed by atoms with Crippen LogP contribution in [0.5, 0.6) is 0 Å². The lowest BCUT2D eigenvalue weighted by molar-refractivity contribution is -0.117. The third-order valence-corrected chi connectivity index (χ3v) is 2.27. The quantitative estimate of drug-likeness (QED) is 0.741. The number of halogens is 1. The fraction of sp³-hybridized carbons (Fsp3) is 0.300. The highest BCUT2D eigenvalue weighted by molar-refractivity contribution is 5.94. The van der Waals surface area contributed by atoms with Crippen LogP contribution >= 0.6 is 0 Å². The van der Waals surface area contributed by atoms with Gasteiger partial charge in [-0.15, -0.1) is 0 Å². The molecule has 0 spiro atoms. The Morgan fingerprint density at radius 1 is 1.57 bits per heavy atom. The molecule has 14 heavy (non-hydrogen) atoms. The molecular formula is C10H11FN2O. The van der Waals surface area contributed by atoms with Crippen LogP contribution in [0.15, 0.2) is 24.3 Å². The average molecular weight is 194 g/mol. The standard InChI is InChI=1S/C10H11FN2O/c11-6-2-1-3-7(4-6)13-10(14)8-5-9(8)12/h1-4,8-9H,5,12H2,(H,13,14). The lowest BCUT2D eigenvalue weighted by Crippen LogP contribution is -2.18. The lowest BCUT2D eigenvalue weighted by Gasteiger charge is -2.03. The largest absolute Gasteiger partial charge is 0.327 e. The summed E-state index contributed by atoms with van der Waals surface area (Å²) in [6.45, 7) is 0. The van der Waals surface area contributed by atoms with Crippen molar-refractivity contribution in [3.8, 4) is 0 Å². The summed E-state index contributed by atoms with van der Waals surface area (Å²) >= 11 is 0. The van der Waals surface area contributed by atoms with Crippen LogP contribution in [-0.4, -0.2) is 11.9 Å². The van der Waals surface area contributed by atoms with Gasteiger partial charge in [0, 0.05) is 11.7 Å². The van der Waals surface area contributed by atoms with E-state index in [2.05, 4.69) is 5.32 Å². The summed E-state index contributed by atoms with van der Waals surface area (Å²) in [6, 6.07) is 5.79. The van der Waals surface area contributed by atoms with Gasteiger partial charge in [-0.25, -0.2) is 4.39 Å². The van der Waals surface area contributed by atoms with Gasteiger partial charge in [0.2, 0.25) is 5.91 Å². The number of anilines is 1. The van der Waals surface area contributed by atoms with Crippen LogP contribution in [0.25, 0.3) is 0 Å². The van der Waals surface area contributed by atoms with Crippen molar-refractivity contribution in [3.63, 3.8) is 0 Å². The SMILES string of the molecule is NC1CC1C(=O)Nc1cccc(F)c1. The normalized spacial score (nSPS) is 24.4. The summed E-state index contributed by atoms with van der Waals surface area (Å²) < 4.78 is 12.7. The minimum atomic E-state index is -0.358. The van der Waals surface area contributed by atoms with Gasteiger partial charge in [-0.05, 0) is 24.6 Å². The average Bonchev–Trinajstić information content (AvgIpc) is 2.82. The summed E-state index contributed by atoms with van der Waals surface area (Å²) in [5.74, 6) is -0.579. The van der Waals surface area contributed by atoms with Crippen molar-refractivity contribution in [2.75, 3.05) is 5.32 Å². The van der Waals surface area contributed by atoms with Crippen LogP contribution in [0.3, 0.4) is 0 Å². The fourth-order valence-corrected chi connectivity index (χ4v) is 1.32. The second-order valence-corrected chi connectivity index (χ2v) is 3.51. The molecule has 1 aliphatic carbocycles. The molecule has 1 amide bonds. The van der Waals surface area contributed by atoms with Crippen LogP contribution in [0.2, 0.25) is 0 Å². The molecule has 0 heterocycles. The Morgan fingerprint density at radius 3 is 2.86 bits per heavy atom. The minimum absolute atomic E-state index is 0.0245. The van der Waals surface area contributed by atoms with Crippen molar-refractivity contribution in [1.82, 2.24) is 0 Å². The minimum Gasteiger partial charge on any atom is -0.327 e. The number of nitrogens with two attached hydrogens (primary N) is 1. The zero-order chi connectivity index (χ0) is 10.1. The van der Waals surface area contributed by atoms with Gasteiger partial charge in [-0.2, -0.15) is 0 Å². The maximum atomic E-state index is 12.7. The first-order chi connectivity index (χ1) is 6.66. The highest BCUT2D eigenvalue weighted by Gasteiger charge is 2.39. The molecule has 2 unspecified atom stereocenters. The van der Waals surface area contributed by atoms with E-state index in [-0.39, 0.29) is 23.7 Å². The van der Waals surface area contributed by atoms with E-state index in [0.29, 0.717) is 5.69 Å². The van der Waals surface area contributed by atoms with Gasteiger partial charge in [0.25, 0.3) is 0 Å². The molecule has 0 aliphatic heterocycles. The van der Waals surface area contributed by atoms with E-state index in [1.165, 1.54) is 12.1 Å². The molecule has 1 saturated carbocycles. The number of hydrogen-bond donors (Lipinski definition) is 2. The van der Waals surface area contributed by atoms with E-state index in [9.17, 15) is 9.18 Å². The second-order valence-electron chi connectivity index (χ2n) is 3.51. The number of carbonyl (C=O) groups excluding carboxylic acids is 1. The third kappa shape index (κ3) is 1.90. The predicted molar refractivity (Wildman–Crippen MR) is 51.1 cm³/mol. The number of amides is 1. The number of carbonyl (C=O) groups is 1. The fourth-order valence-electron chi connectivity index (χ4n) is 1.32. The van der Waals surface area contributed by atoms with Gasteiger partial charge >= 0.3 is 0 Å². The second kappa shape index (κ2) is 3.38. The van der Waals surface area contributed by atoms with Crippen molar-refractivity contribution in [1.29, 1.82) is 0 Å². The van der Waals surface area contributed by atoms with E-state index >= 15 is 0 Å². The molecule has 2 rings (SSSR count). The summed E-state index contributed by atoms with van der Waals surface area (Å²) in [7, 11) is 0. The Labute approximate surface area is 81.1 Å². The molecule has 0 bridgehead atoms. The molecule has 2 atom stereocenters. The van der Waals surface area contributed by atoms with Gasteiger partial charge in [-0.3, -0.25) is 4.79 Å². The summed E-state index contributed by atoms with van der Waals surface area (Å²) in [6.07, 6.45) is 0.723. The maximum Gasteiger partial charge on any atom is 0.229 e. The molecule has 0 radical (unpaired) electrons. The highest BCUT2D eigenvalue weighted by atomic mass is 19.1. The first kappa shape index (κ1) is 9.15. The van der Waals surface area contributed by atoms with Crippen LogP contribution < -0.4 is 11.1 Å².